The van der Waals surface area contributed by atoms with Crippen molar-refractivity contribution in [2.75, 3.05) is 18.6 Å². The molecule has 4 nitrogen and oxygen atoms in total. The van der Waals surface area contributed by atoms with Gasteiger partial charge in [-0.15, -0.1) is 0 Å². The van der Waals surface area contributed by atoms with Gasteiger partial charge in [-0.05, 0) is 6.92 Å². The summed E-state index contributed by atoms with van der Waals surface area (Å²) < 4.78 is 10.9. The van der Waals surface area contributed by atoms with Crippen LogP contribution >= 0.6 is 0 Å². The van der Waals surface area contributed by atoms with Crippen LogP contribution in [0.4, 0.5) is 0 Å². The van der Waals surface area contributed by atoms with Crippen molar-refractivity contribution >= 4 is 16.7 Å². The lowest BCUT2D eigenvalue weighted by Gasteiger charge is -2.13. The molecular weight excluding hydrogens is 212 g/mol. The van der Waals surface area contributed by atoms with Crippen LogP contribution in [0.3, 0.4) is 0 Å². The van der Waals surface area contributed by atoms with E-state index in [4.69, 9.17) is 0 Å². The number of carbonyl (C=O) groups is 1. The molecule has 0 bridgehead atoms. The van der Waals surface area contributed by atoms with Crippen molar-refractivity contribution in [2.24, 2.45) is 0 Å². The van der Waals surface area contributed by atoms with E-state index < -0.39 is 10.8 Å². The van der Waals surface area contributed by atoms with Gasteiger partial charge in [-0.2, -0.15) is 0 Å². The summed E-state index contributed by atoms with van der Waals surface area (Å²) in [5.41, 5.74) is 0. The van der Waals surface area contributed by atoms with Crippen LogP contribution in [0, 0.1) is 0 Å². The van der Waals surface area contributed by atoms with Gasteiger partial charge in [-0.1, -0.05) is 13.8 Å². The Balaban J connectivity index is 3.60. The minimum atomic E-state index is -0.855. The predicted molar refractivity (Wildman–Crippen MR) is 64.3 cm³/mol. The average Bonchev–Trinajstić information content (AvgIpc) is 2.00. The number of nitrogens with one attached hydrogen (secondary N) is 2. The summed E-state index contributed by atoms with van der Waals surface area (Å²) in [5.74, 6) is 0.532. The van der Waals surface area contributed by atoms with E-state index in [2.05, 4.69) is 10.6 Å². The van der Waals surface area contributed by atoms with E-state index in [0.717, 1.165) is 0 Å². The van der Waals surface area contributed by atoms with Gasteiger partial charge >= 0.3 is 0 Å². The first kappa shape index (κ1) is 14.6. The molecule has 15 heavy (non-hydrogen) atoms. The first-order chi connectivity index (χ1) is 6.91. The number of amides is 1. The van der Waals surface area contributed by atoms with Gasteiger partial charge < -0.3 is 10.6 Å². The summed E-state index contributed by atoms with van der Waals surface area (Å²) in [6.45, 7) is 6.64. The van der Waals surface area contributed by atoms with E-state index in [-0.39, 0.29) is 11.9 Å². The lowest BCUT2D eigenvalue weighted by atomic mass is 10.3. The highest BCUT2D eigenvalue weighted by atomic mass is 32.2. The van der Waals surface area contributed by atoms with Crippen LogP contribution < -0.4 is 10.6 Å². The van der Waals surface area contributed by atoms with Crippen molar-refractivity contribution in [3.8, 4) is 0 Å². The molecule has 1 amide bonds. The summed E-state index contributed by atoms with van der Waals surface area (Å²) in [6.07, 6.45) is 2.11. The lowest BCUT2D eigenvalue weighted by Crippen LogP contribution is -2.38. The fourth-order valence-corrected chi connectivity index (χ4v) is 2.00. The number of hydrogen-bond acceptors (Lipinski definition) is 3. The molecule has 0 aromatic heterocycles. The van der Waals surface area contributed by atoms with Gasteiger partial charge in [0.25, 0.3) is 0 Å². The molecule has 90 valence electrons. The molecule has 0 rings (SSSR count). The molecule has 0 aliphatic rings. The van der Waals surface area contributed by atoms with Gasteiger partial charge in [-0.25, -0.2) is 0 Å². The molecule has 2 unspecified atom stereocenters. The van der Waals surface area contributed by atoms with Crippen LogP contribution in [0.15, 0.2) is 0 Å². The maximum Gasteiger partial charge on any atom is 0.221 e. The molecule has 0 aliphatic heterocycles. The van der Waals surface area contributed by atoms with Crippen molar-refractivity contribution in [1.29, 1.82) is 0 Å². The zero-order valence-corrected chi connectivity index (χ0v) is 10.8. The molecule has 0 aromatic rings. The smallest absolute Gasteiger partial charge is 0.221 e. The maximum absolute atomic E-state index is 11.4. The highest BCUT2D eigenvalue weighted by Crippen LogP contribution is 1.88. The highest BCUT2D eigenvalue weighted by Gasteiger charge is 2.08. The molecule has 0 saturated heterocycles. The molecule has 0 radical (unpaired) electrons. The second-order valence-corrected chi connectivity index (χ2v) is 5.55. The average molecular weight is 234 g/mol. The lowest BCUT2D eigenvalue weighted by molar-refractivity contribution is -0.121. The zero-order valence-electron chi connectivity index (χ0n) is 10.0. The standard InChI is InChI=1S/C10H22N2O2S/c1-8(2)11-6-5-10(13)12-9(3)7-15(4)14/h8-9,11H,5-7H2,1-4H3,(H,12,13). The van der Waals surface area contributed by atoms with Crippen LogP contribution in [0.5, 0.6) is 0 Å². The van der Waals surface area contributed by atoms with Crippen molar-refractivity contribution in [1.82, 2.24) is 10.6 Å². The fourth-order valence-electron chi connectivity index (χ4n) is 1.22. The highest BCUT2D eigenvalue weighted by molar-refractivity contribution is 7.84. The first-order valence-corrected chi connectivity index (χ1v) is 6.97. The second kappa shape index (κ2) is 7.82. The van der Waals surface area contributed by atoms with E-state index in [9.17, 15) is 9.00 Å². The molecule has 2 N–H and O–H groups in total. The molecule has 5 heteroatoms. The van der Waals surface area contributed by atoms with Gasteiger partial charge in [0.1, 0.15) is 0 Å². The number of carbonyl (C=O) groups excluding carboxylic acids is 1. The molecular formula is C10H22N2O2S. The Morgan fingerprint density at radius 1 is 1.33 bits per heavy atom. The van der Waals surface area contributed by atoms with Crippen LogP contribution in [0.1, 0.15) is 27.2 Å². The molecule has 0 aromatic carbocycles. The Morgan fingerprint density at radius 2 is 1.93 bits per heavy atom. The Morgan fingerprint density at radius 3 is 2.40 bits per heavy atom. The number of hydrogen-bond donors (Lipinski definition) is 2. The maximum atomic E-state index is 11.4. The summed E-state index contributed by atoms with van der Waals surface area (Å²) in [4.78, 5) is 11.4. The van der Waals surface area contributed by atoms with E-state index in [0.29, 0.717) is 24.8 Å². The third-order valence-corrected chi connectivity index (χ3v) is 2.77. The topological polar surface area (TPSA) is 58.2 Å². The Bertz CT molecular complexity index is 219. The Hall–Kier alpha value is -0.420. The van der Waals surface area contributed by atoms with Gasteiger partial charge in [0.05, 0.1) is 0 Å². The SMILES string of the molecule is CC(C)NCCC(=O)NC(C)CS(C)=O. The zero-order chi connectivity index (χ0) is 11.8. The predicted octanol–water partition coefficient (Wildman–Crippen LogP) is 0.258. The Kier molecular flexibility index (Phi) is 7.60. The van der Waals surface area contributed by atoms with E-state index in [1.165, 1.54) is 0 Å². The van der Waals surface area contributed by atoms with Crippen molar-refractivity contribution in [3.05, 3.63) is 0 Å². The molecule has 0 spiro atoms. The largest absolute Gasteiger partial charge is 0.353 e. The third kappa shape index (κ3) is 9.87. The van der Waals surface area contributed by atoms with Crippen molar-refractivity contribution in [2.45, 2.75) is 39.3 Å². The van der Waals surface area contributed by atoms with Crippen LogP contribution in [0.2, 0.25) is 0 Å². The Labute approximate surface area is 94.7 Å². The molecule has 0 fully saturated rings. The van der Waals surface area contributed by atoms with Gasteiger partial charge in [-0.3, -0.25) is 9.00 Å². The van der Waals surface area contributed by atoms with Crippen molar-refractivity contribution < 1.29 is 9.00 Å². The molecule has 0 aliphatic carbocycles. The fraction of sp³-hybridized carbons (Fsp3) is 0.900. The molecule has 0 heterocycles. The van der Waals surface area contributed by atoms with Crippen LogP contribution in [-0.4, -0.2) is 40.8 Å². The van der Waals surface area contributed by atoms with Gasteiger partial charge in [0.2, 0.25) is 5.91 Å². The van der Waals surface area contributed by atoms with E-state index in [1.807, 2.05) is 20.8 Å². The van der Waals surface area contributed by atoms with E-state index in [1.54, 1.807) is 6.26 Å². The van der Waals surface area contributed by atoms with Crippen LogP contribution in [0.25, 0.3) is 0 Å². The second-order valence-electron chi connectivity index (χ2n) is 4.07. The molecule has 0 saturated carbocycles. The number of rotatable bonds is 7. The van der Waals surface area contributed by atoms with E-state index >= 15 is 0 Å². The quantitative estimate of drug-likeness (QED) is 0.664. The normalized spacial score (nSPS) is 15.0. The van der Waals surface area contributed by atoms with Crippen LogP contribution in [-0.2, 0) is 15.6 Å². The minimum absolute atomic E-state index is 0.0117. The minimum Gasteiger partial charge on any atom is -0.353 e. The third-order valence-electron chi connectivity index (χ3n) is 1.80. The summed E-state index contributed by atoms with van der Waals surface area (Å²) in [5, 5.41) is 5.98. The van der Waals surface area contributed by atoms with Crippen molar-refractivity contribution in [3.63, 3.8) is 0 Å². The summed E-state index contributed by atoms with van der Waals surface area (Å²) in [6, 6.07) is 0.390. The first-order valence-electron chi connectivity index (χ1n) is 5.24. The van der Waals surface area contributed by atoms with Gasteiger partial charge in [0, 0.05) is 47.9 Å². The monoisotopic (exact) mass is 234 g/mol. The summed E-state index contributed by atoms with van der Waals surface area (Å²) in [7, 11) is -0.855. The molecule has 2 atom stereocenters. The summed E-state index contributed by atoms with van der Waals surface area (Å²) >= 11 is 0. The van der Waals surface area contributed by atoms with Gasteiger partial charge in [0.15, 0.2) is 0 Å².